The lowest BCUT2D eigenvalue weighted by Gasteiger charge is -2.35. The monoisotopic (exact) mass is 350 g/mol. The number of aliphatic carboxylic acids is 1. The maximum absolute atomic E-state index is 12.4. The third kappa shape index (κ3) is 3.83. The third-order valence-electron chi connectivity index (χ3n) is 5.93. The van der Waals surface area contributed by atoms with Crippen LogP contribution in [0.2, 0.25) is 0 Å². The van der Waals surface area contributed by atoms with Crippen LogP contribution in [0.3, 0.4) is 0 Å². The Labute approximate surface area is 154 Å². The van der Waals surface area contributed by atoms with Crippen LogP contribution in [0, 0.1) is 16.2 Å². The summed E-state index contributed by atoms with van der Waals surface area (Å²) in [5, 5.41) is 10.1. The molecule has 0 amide bonds. The molecule has 144 valence electrons. The Bertz CT molecular complexity index is 534. The van der Waals surface area contributed by atoms with Crippen LogP contribution >= 0.6 is 0 Å². The quantitative estimate of drug-likeness (QED) is 0.575. The first-order valence-electron chi connectivity index (χ1n) is 9.75. The number of nitrogens with zero attached hydrogens (tertiary/aromatic N) is 2. The Morgan fingerprint density at radius 3 is 1.48 bits per heavy atom. The van der Waals surface area contributed by atoms with E-state index >= 15 is 0 Å². The van der Waals surface area contributed by atoms with Crippen LogP contribution in [-0.4, -0.2) is 28.2 Å². The van der Waals surface area contributed by atoms with E-state index in [0.717, 1.165) is 37.1 Å². The first kappa shape index (κ1) is 21.9. The topological polar surface area (TPSA) is 62.0 Å². The zero-order valence-corrected chi connectivity index (χ0v) is 17.8. The van der Waals surface area contributed by atoms with Gasteiger partial charge in [-0.15, -0.1) is 0 Å². The predicted octanol–water partition coefficient (Wildman–Crippen LogP) is 5.75. The molecule has 0 aromatic rings. The van der Waals surface area contributed by atoms with Crippen molar-refractivity contribution in [1.82, 2.24) is 0 Å². The average molecular weight is 351 g/mol. The van der Waals surface area contributed by atoms with E-state index in [4.69, 9.17) is 9.98 Å². The van der Waals surface area contributed by atoms with E-state index in [2.05, 4.69) is 41.5 Å². The molecule has 0 fully saturated rings. The molecule has 0 aliphatic carbocycles. The molecule has 0 saturated carbocycles. The molecular formula is C21H38N2O2. The molecule has 4 heteroatoms. The van der Waals surface area contributed by atoms with Crippen LogP contribution < -0.4 is 0 Å². The van der Waals surface area contributed by atoms with Crippen molar-refractivity contribution in [1.29, 1.82) is 0 Å². The van der Waals surface area contributed by atoms with Gasteiger partial charge >= 0.3 is 5.97 Å². The molecule has 1 heterocycles. The van der Waals surface area contributed by atoms with Gasteiger partial charge in [-0.05, 0) is 19.3 Å². The highest BCUT2D eigenvalue weighted by Gasteiger charge is 2.57. The smallest absolute Gasteiger partial charge is 0.354 e. The van der Waals surface area contributed by atoms with Gasteiger partial charge in [-0.1, -0.05) is 75.2 Å². The average Bonchev–Trinajstić information content (AvgIpc) is 2.91. The summed E-state index contributed by atoms with van der Waals surface area (Å²) in [4.78, 5) is 22.2. The second-order valence-corrected chi connectivity index (χ2v) is 9.40. The van der Waals surface area contributed by atoms with Crippen molar-refractivity contribution in [2.45, 2.75) is 100 Å². The molecule has 0 saturated heterocycles. The molecule has 1 N–H and O–H groups in total. The molecule has 1 aliphatic rings. The fourth-order valence-electron chi connectivity index (χ4n) is 3.82. The highest BCUT2D eigenvalue weighted by atomic mass is 16.4. The zero-order valence-electron chi connectivity index (χ0n) is 17.8. The summed E-state index contributed by atoms with van der Waals surface area (Å²) in [5.74, 6) is -0.938. The summed E-state index contributed by atoms with van der Waals surface area (Å²) < 4.78 is 0. The number of aliphatic imine (C=N–C) groups is 2. The second kappa shape index (κ2) is 7.20. The van der Waals surface area contributed by atoms with E-state index in [1.54, 1.807) is 0 Å². The highest BCUT2D eigenvalue weighted by Crippen LogP contribution is 2.47. The third-order valence-corrected chi connectivity index (χ3v) is 5.93. The molecule has 0 radical (unpaired) electrons. The summed E-state index contributed by atoms with van der Waals surface area (Å²) in [5.41, 5.74) is -0.522. The number of rotatable bonds is 9. The predicted molar refractivity (Wildman–Crippen MR) is 107 cm³/mol. The summed E-state index contributed by atoms with van der Waals surface area (Å²) >= 11 is 0. The second-order valence-electron chi connectivity index (χ2n) is 9.40. The van der Waals surface area contributed by atoms with Crippen LogP contribution in [0.1, 0.15) is 94.4 Å². The Balaban J connectivity index is 3.71. The molecule has 1 rings (SSSR count). The minimum atomic E-state index is -1.41. The Kier molecular flexibility index (Phi) is 6.30. The maximum Gasteiger partial charge on any atom is 0.354 e. The van der Waals surface area contributed by atoms with Crippen molar-refractivity contribution in [3.8, 4) is 0 Å². The normalized spacial score (nSPS) is 18.1. The van der Waals surface area contributed by atoms with Gasteiger partial charge < -0.3 is 5.11 Å². The molecule has 0 unspecified atom stereocenters. The van der Waals surface area contributed by atoms with E-state index in [0.29, 0.717) is 6.42 Å². The number of carbonyl (C=O) groups is 1. The van der Waals surface area contributed by atoms with E-state index in [9.17, 15) is 9.90 Å². The van der Waals surface area contributed by atoms with Gasteiger partial charge in [-0.25, -0.2) is 14.8 Å². The number of carboxylic acids is 1. The zero-order chi connectivity index (χ0) is 19.7. The van der Waals surface area contributed by atoms with Gasteiger partial charge in [-0.3, -0.25) is 0 Å². The van der Waals surface area contributed by atoms with E-state index < -0.39 is 17.0 Å². The molecule has 0 bridgehead atoms. The Morgan fingerprint density at radius 2 is 1.24 bits per heavy atom. The fraction of sp³-hybridized carbons (Fsp3) is 0.857. The molecular weight excluding hydrogens is 312 g/mol. The lowest BCUT2D eigenvalue weighted by molar-refractivity contribution is -0.147. The van der Waals surface area contributed by atoms with Gasteiger partial charge in [0.15, 0.2) is 0 Å². The molecule has 4 nitrogen and oxygen atoms in total. The van der Waals surface area contributed by atoms with Crippen molar-refractivity contribution in [3.05, 3.63) is 0 Å². The van der Waals surface area contributed by atoms with Crippen LogP contribution in [0.15, 0.2) is 9.98 Å². The van der Waals surface area contributed by atoms with Crippen molar-refractivity contribution in [2.75, 3.05) is 0 Å². The van der Waals surface area contributed by atoms with Gasteiger partial charge in [-0.2, -0.15) is 0 Å². The van der Waals surface area contributed by atoms with Gasteiger partial charge in [0.05, 0.1) is 11.4 Å². The van der Waals surface area contributed by atoms with Crippen LogP contribution in [0.25, 0.3) is 0 Å². The lowest BCUT2D eigenvalue weighted by Crippen LogP contribution is -2.47. The van der Waals surface area contributed by atoms with Crippen LogP contribution in [0.4, 0.5) is 0 Å². The van der Waals surface area contributed by atoms with Gasteiger partial charge in [0.2, 0.25) is 0 Å². The number of carboxylic acid groups (broad SMARTS) is 1. The number of hydrogen-bond donors (Lipinski definition) is 1. The molecule has 0 aromatic carbocycles. The van der Waals surface area contributed by atoms with E-state index in [1.807, 2.05) is 20.8 Å². The highest BCUT2D eigenvalue weighted by molar-refractivity contribution is 6.47. The van der Waals surface area contributed by atoms with Crippen molar-refractivity contribution < 1.29 is 9.90 Å². The molecule has 25 heavy (non-hydrogen) atoms. The molecule has 0 atom stereocenters. The maximum atomic E-state index is 12.4. The Hall–Kier alpha value is -1.19. The number of hydrogen-bond acceptors (Lipinski definition) is 3. The van der Waals surface area contributed by atoms with Gasteiger partial charge in [0, 0.05) is 16.2 Å². The summed E-state index contributed by atoms with van der Waals surface area (Å²) in [7, 11) is 0. The molecule has 0 aromatic heterocycles. The largest absolute Gasteiger partial charge is 0.478 e. The van der Waals surface area contributed by atoms with E-state index in [1.165, 1.54) is 0 Å². The fourth-order valence-corrected chi connectivity index (χ4v) is 3.82. The summed E-state index contributed by atoms with van der Waals surface area (Å²) in [6.07, 6.45) is 4.70. The Morgan fingerprint density at radius 1 is 0.880 bits per heavy atom. The first-order valence-corrected chi connectivity index (χ1v) is 9.75. The van der Waals surface area contributed by atoms with E-state index in [-0.39, 0.29) is 10.8 Å². The standard InChI is InChI=1S/C21H38N2O2/c1-10-13-18(4,5)15-16(19(6,7)14-11-2)23-21(22-15,17(24)25)20(8,9)12-3/h10-14H2,1-9H3,(H,24,25). The van der Waals surface area contributed by atoms with Crippen LogP contribution in [0.5, 0.6) is 0 Å². The first-order chi connectivity index (χ1) is 11.3. The van der Waals surface area contributed by atoms with Crippen LogP contribution in [-0.2, 0) is 4.79 Å². The van der Waals surface area contributed by atoms with Crippen molar-refractivity contribution in [2.24, 2.45) is 26.2 Å². The van der Waals surface area contributed by atoms with Gasteiger partial charge in [0.25, 0.3) is 5.66 Å². The van der Waals surface area contributed by atoms with Crippen molar-refractivity contribution >= 4 is 17.4 Å². The summed E-state index contributed by atoms with van der Waals surface area (Å²) in [6, 6.07) is 0. The minimum absolute atomic E-state index is 0.181. The molecule has 0 spiro atoms. The SMILES string of the molecule is CCCC(C)(C)C1=NC(C(=O)O)(C(C)(C)CC)N=C1C(C)(C)CCC. The minimum Gasteiger partial charge on any atom is -0.478 e. The molecule has 1 aliphatic heterocycles. The van der Waals surface area contributed by atoms with Gasteiger partial charge in [0.1, 0.15) is 0 Å². The summed E-state index contributed by atoms with van der Waals surface area (Å²) in [6.45, 7) is 18.9. The van der Waals surface area contributed by atoms with Crippen molar-refractivity contribution in [3.63, 3.8) is 0 Å². The lowest BCUT2D eigenvalue weighted by atomic mass is 9.72.